The topological polar surface area (TPSA) is 38.3 Å². The summed E-state index contributed by atoms with van der Waals surface area (Å²) in [5.41, 5.74) is 0.768. The Morgan fingerprint density at radius 2 is 2.27 bits per heavy atom. The maximum atomic E-state index is 13.3. The molecule has 0 aromatic heterocycles. The molecule has 0 bridgehead atoms. The van der Waals surface area contributed by atoms with Crippen molar-refractivity contribution >= 4 is 11.6 Å². The third-order valence-electron chi connectivity index (χ3n) is 2.25. The second kappa shape index (κ2) is 3.49. The minimum Gasteiger partial charge on any atom is -0.478 e. The fourth-order valence-corrected chi connectivity index (χ4v) is 1.52. The number of nitrogens with one attached hydrogen (secondary N) is 1. The number of rotatable bonds is 1. The number of carbonyl (C=O) groups excluding carboxylic acids is 1. The van der Waals surface area contributed by atoms with Crippen LogP contribution in [0.4, 0.5) is 14.5 Å². The van der Waals surface area contributed by atoms with Crippen LogP contribution in [0.15, 0.2) is 6.07 Å². The zero-order chi connectivity index (χ0) is 11.0. The van der Waals surface area contributed by atoms with Gasteiger partial charge in [-0.2, -0.15) is 4.39 Å². The van der Waals surface area contributed by atoms with Crippen molar-refractivity contribution in [3.05, 3.63) is 23.3 Å². The van der Waals surface area contributed by atoms with Crippen LogP contribution in [-0.4, -0.2) is 12.5 Å². The molecule has 80 valence electrons. The lowest BCUT2D eigenvalue weighted by Crippen LogP contribution is -2.27. The van der Waals surface area contributed by atoms with Gasteiger partial charge in [-0.15, -0.1) is 0 Å². The van der Waals surface area contributed by atoms with E-state index in [0.29, 0.717) is 12.0 Å². The molecular weight excluding hydrogens is 204 g/mol. The number of hydrogen-bond donors (Lipinski definition) is 1. The molecule has 1 N–H and O–H groups in total. The normalized spacial score (nSPS) is 14.2. The molecule has 1 aromatic carbocycles. The molecule has 0 radical (unpaired) electrons. The van der Waals surface area contributed by atoms with E-state index in [0.717, 1.165) is 6.07 Å². The summed E-state index contributed by atoms with van der Waals surface area (Å²) < 4.78 is 31.2. The number of benzene rings is 1. The van der Waals surface area contributed by atoms with Crippen LogP contribution < -0.4 is 10.1 Å². The number of ether oxygens (including phenoxy) is 1. The Morgan fingerprint density at radius 3 is 2.93 bits per heavy atom. The molecule has 0 atom stereocenters. The van der Waals surface area contributed by atoms with Gasteiger partial charge in [0, 0.05) is 0 Å². The Kier molecular flexibility index (Phi) is 2.30. The number of fused-ring (bicyclic) bond motifs is 1. The van der Waals surface area contributed by atoms with E-state index in [1.807, 2.05) is 0 Å². The Bertz CT molecular complexity index is 432. The molecule has 0 spiro atoms. The van der Waals surface area contributed by atoms with E-state index in [2.05, 4.69) is 5.32 Å². The summed E-state index contributed by atoms with van der Waals surface area (Å²) in [6.07, 6.45) is 0.489. The lowest BCUT2D eigenvalue weighted by molar-refractivity contribution is -0.118. The maximum absolute atomic E-state index is 13.3. The third kappa shape index (κ3) is 1.54. The fraction of sp³-hybridized carbons (Fsp3) is 0.300. The van der Waals surface area contributed by atoms with Crippen molar-refractivity contribution in [2.45, 2.75) is 13.3 Å². The minimum atomic E-state index is -1.05. The molecule has 0 aliphatic carbocycles. The van der Waals surface area contributed by atoms with Crippen LogP contribution in [0.2, 0.25) is 0 Å². The number of carbonyl (C=O) groups is 1. The zero-order valence-electron chi connectivity index (χ0n) is 8.06. The Hall–Kier alpha value is -1.65. The van der Waals surface area contributed by atoms with Gasteiger partial charge >= 0.3 is 0 Å². The molecule has 0 unspecified atom stereocenters. The van der Waals surface area contributed by atoms with Crippen molar-refractivity contribution in [2.24, 2.45) is 0 Å². The highest BCUT2D eigenvalue weighted by atomic mass is 19.2. The van der Waals surface area contributed by atoms with Gasteiger partial charge in [-0.1, -0.05) is 6.92 Å². The average molecular weight is 213 g/mol. The van der Waals surface area contributed by atoms with Crippen LogP contribution >= 0.6 is 0 Å². The first-order valence-electron chi connectivity index (χ1n) is 4.57. The molecule has 0 saturated carbocycles. The summed E-state index contributed by atoms with van der Waals surface area (Å²) in [6.45, 7) is 1.50. The number of halogens is 2. The quantitative estimate of drug-likeness (QED) is 0.773. The molecule has 1 amide bonds. The van der Waals surface area contributed by atoms with E-state index in [4.69, 9.17) is 4.74 Å². The Labute approximate surface area is 85.0 Å². The van der Waals surface area contributed by atoms with Gasteiger partial charge in [-0.05, 0) is 18.1 Å². The summed E-state index contributed by atoms with van der Waals surface area (Å²) in [6, 6.07) is 1.07. The van der Waals surface area contributed by atoms with E-state index < -0.39 is 11.6 Å². The molecule has 1 aliphatic rings. The van der Waals surface area contributed by atoms with Crippen molar-refractivity contribution in [3.63, 3.8) is 0 Å². The molecule has 1 aromatic rings. The molecule has 1 heterocycles. The maximum Gasteiger partial charge on any atom is 0.262 e. The first-order chi connectivity index (χ1) is 7.13. The van der Waals surface area contributed by atoms with Crippen LogP contribution in [0.25, 0.3) is 0 Å². The Morgan fingerprint density at radius 1 is 1.53 bits per heavy atom. The van der Waals surface area contributed by atoms with Gasteiger partial charge in [0.15, 0.2) is 18.2 Å². The molecule has 5 heteroatoms. The molecule has 2 rings (SSSR count). The van der Waals surface area contributed by atoms with Gasteiger partial charge in [0.2, 0.25) is 5.82 Å². The summed E-state index contributed by atoms with van der Waals surface area (Å²) in [4.78, 5) is 11.0. The van der Waals surface area contributed by atoms with Crippen molar-refractivity contribution in [1.29, 1.82) is 0 Å². The molecular formula is C10H9F2NO2. The minimum absolute atomic E-state index is 0.202. The SMILES string of the molecule is CCc1cc(F)c(F)c2c1NC(=O)CO2. The number of aryl methyl sites for hydroxylation is 1. The van der Waals surface area contributed by atoms with Gasteiger partial charge in [0.05, 0.1) is 5.69 Å². The van der Waals surface area contributed by atoms with E-state index in [-0.39, 0.29) is 24.0 Å². The molecule has 0 fully saturated rings. The van der Waals surface area contributed by atoms with Crippen LogP contribution in [-0.2, 0) is 11.2 Å². The summed E-state index contributed by atoms with van der Waals surface area (Å²) in [5, 5.41) is 2.48. The summed E-state index contributed by atoms with van der Waals surface area (Å²) >= 11 is 0. The predicted molar refractivity (Wildman–Crippen MR) is 49.9 cm³/mol. The number of hydrogen-bond acceptors (Lipinski definition) is 2. The Balaban J connectivity index is 2.61. The largest absolute Gasteiger partial charge is 0.478 e. The van der Waals surface area contributed by atoms with E-state index in [1.165, 1.54) is 0 Å². The van der Waals surface area contributed by atoms with Crippen molar-refractivity contribution < 1.29 is 18.3 Å². The third-order valence-corrected chi connectivity index (χ3v) is 2.25. The zero-order valence-corrected chi connectivity index (χ0v) is 8.06. The smallest absolute Gasteiger partial charge is 0.262 e. The molecule has 15 heavy (non-hydrogen) atoms. The monoisotopic (exact) mass is 213 g/mol. The summed E-state index contributed by atoms with van der Waals surface area (Å²) in [7, 11) is 0. The summed E-state index contributed by atoms with van der Waals surface area (Å²) in [5.74, 6) is -2.57. The average Bonchev–Trinajstić information content (AvgIpc) is 2.23. The lowest BCUT2D eigenvalue weighted by atomic mass is 10.1. The predicted octanol–water partition coefficient (Wildman–Crippen LogP) is 1.86. The van der Waals surface area contributed by atoms with Crippen LogP contribution in [0.5, 0.6) is 5.75 Å². The van der Waals surface area contributed by atoms with E-state index in [9.17, 15) is 13.6 Å². The van der Waals surface area contributed by atoms with E-state index in [1.54, 1.807) is 6.92 Å². The van der Waals surface area contributed by atoms with Crippen LogP contribution in [0.3, 0.4) is 0 Å². The fourth-order valence-electron chi connectivity index (χ4n) is 1.52. The molecule has 3 nitrogen and oxygen atoms in total. The standard InChI is InChI=1S/C10H9F2NO2/c1-2-5-3-6(11)8(12)10-9(5)13-7(14)4-15-10/h3H,2,4H2,1H3,(H,13,14). The highest BCUT2D eigenvalue weighted by molar-refractivity contribution is 5.96. The lowest BCUT2D eigenvalue weighted by Gasteiger charge is -2.21. The highest BCUT2D eigenvalue weighted by Crippen LogP contribution is 2.35. The number of anilines is 1. The van der Waals surface area contributed by atoms with Gasteiger partial charge in [-0.25, -0.2) is 4.39 Å². The highest BCUT2D eigenvalue weighted by Gasteiger charge is 2.25. The van der Waals surface area contributed by atoms with Crippen molar-refractivity contribution in [3.8, 4) is 5.75 Å². The van der Waals surface area contributed by atoms with Crippen molar-refractivity contribution in [2.75, 3.05) is 11.9 Å². The number of amides is 1. The van der Waals surface area contributed by atoms with Gasteiger partial charge < -0.3 is 10.1 Å². The van der Waals surface area contributed by atoms with Crippen molar-refractivity contribution in [1.82, 2.24) is 0 Å². The first kappa shape index (κ1) is 9.89. The van der Waals surface area contributed by atoms with Crippen LogP contribution in [0.1, 0.15) is 12.5 Å². The molecule has 0 saturated heterocycles. The molecule has 1 aliphatic heterocycles. The van der Waals surface area contributed by atoms with E-state index >= 15 is 0 Å². The first-order valence-corrected chi connectivity index (χ1v) is 4.57. The van der Waals surface area contributed by atoms with Crippen LogP contribution in [0, 0.1) is 11.6 Å². The van der Waals surface area contributed by atoms with Gasteiger partial charge in [0.1, 0.15) is 0 Å². The van der Waals surface area contributed by atoms with Gasteiger partial charge in [-0.3, -0.25) is 4.79 Å². The second-order valence-electron chi connectivity index (χ2n) is 3.23. The second-order valence-corrected chi connectivity index (χ2v) is 3.23. The van der Waals surface area contributed by atoms with Gasteiger partial charge in [0.25, 0.3) is 5.91 Å².